The molecule has 0 aliphatic carbocycles. The van der Waals surface area contributed by atoms with E-state index in [2.05, 4.69) is 15.1 Å². The minimum Gasteiger partial charge on any atom is -0.272 e. The molecule has 0 unspecified atom stereocenters. The Kier molecular flexibility index (Phi) is 2.21. The molecule has 0 N–H and O–H groups in total. The molecule has 5 heteroatoms. The van der Waals surface area contributed by atoms with E-state index in [1.165, 1.54) is 0 Å². The van der Waals surface area contributed by atoms with Gasteiger partial charge in [-0.15, -0.1) is 0 Å². The SMILES string of the molecule is Cc1c(-c2nccc(Cl)n2)cnn1C. The third-order valence-electron chi connectivity index (χ3n) is 2.10. The summed E-state index contributed by atoms with van der Waals surface area (Å²) in [4.78, 5) is 8.25. The first-order valence-corrected chi connectivity index (χ1v) is 4.54. The predicted molar refractivity (Wildman–Crippen MR) is 54.0 cm³/mol. The molecule has 0 aliphatic rings. The van der Waals surface area contributed by atoms with Gasteiger partial charge in [-0.1, -0.05) is 11.6 Å². The number of nitrogens with zero attached hydrogens (tertiary/aromatic N) is 4. The highest BCUT2D eigenvalue weighted by Crippen LogP contribution is 2.19. The molecule has 2 aromatic heterocycles. The highest BCUT2D eigenvalue weighted by Gasteiger charge is 2.08. The Labute approximate surface area is 86.6 Å². The lowest BCUT2D eigenvalue weighted by Crippen LogP contribution is -1.94. The van der Waals surface area contributed by atoms with E-state index in [9.17, 15) is 0 Å². The molecule has 2 rings (SSSR count). The zero-order chi connectivity index (χ0) is 10.1. The monoisotopic (exact) mass is 208 g/mol. The number of aryl methyl sites for hydroxylation is 1. The summed E-state index contributed by atoms with van der Waals surface area (Å²) in [5.41, 5.74) is 1.93. The predicted octanol–water partition coefficient (Wildman–Crippen LogP) is 1.84. The highest BCUT2D eigenvalue weighted by molar-refractivity contribution is 6.29. The maximum Gasteiger partial charge on any atom is 0.164 e. The van der Waals surface area contributed by atoms with Crippen LogP contribution in [-0.4, -0.2) is 19.7 Å². The standard InChI is InChI=1S/C9H9ClN4/c1-6-7(5-12-14(6)2)9-11-4-3-8(10)13-9/h3-5H,1-2H3. The molecule has 0 spiro atoms. The van der Waals surface area contributed by atoms with Crippen LogP contribution in [0.3, 0.4) is 0 Å². The van der Waals surface area contributed by atoms with Crippen molar-refractivity contribution in [3.63, 3.8) is 0 Å². The summed E-state index contributed by atoms with van der Waals surface area (Å²) in [6, 6.07) is 1.65. The van der Waals surface area contributed by atoms with Crippen LogP contribution in [0.25, 0.3) is 11.4 Å². The summed E-state index contributed by atoms with van der Waals surface area (Å²) < 4.78 is 1.78. The number of hydrogen-bond acceptors (Lipinski definition) is 3. The molecule has 0 saturated heterocycles. The minimum absolute atomic E-state index is 0.443. The molecule has 0 fully saturated rings. The second-order valence-corrected chi connectivity index (χ2v) is 3.36. The van der Waals surface area contributed by atoms with E-state index >= 15 is 0 Å². The first-order chi connectivity index (χ1) is 6.68. The van der Waals surface area contributed by atoms with Gasteiger partial charge in [0.15, 0.2) is 5.82 Å². The lowest BCUT2D eigenvalue weighted by atomic mass is 10.2. The fraction of sp³-hybridized carbons (Fsp3) is 0.222. The van der Waals surface area contributed by atoms with Crippen LogP contribution in [0.1, 0.15) is 5.69 Å². The van der Waals surface area contributed by atoms with Crippen molar-refractivity contribution in [1.29, 1.82) is 0 Å². The van der Waals surface area contributed by atoms with Gasteiger partial charge in [-0.05, 0) is 13.0 Å². The van der Waals surface area contributed by atoms with Crippen LogP contribution in [0.15, 0.2) is 18.5 Å². The maximum atomic E-state index is 5.78. The molecule has 72 valence electrons. The first-order valence-electron chi connectivity index (χ1n) is 4.16. The number of aromatic nitrogens is 4. The Morgan fingerprint density at radius 1 is 1.43 bits per heavy atom. The quantitative estimate of drug-likeness (QED) is 0.672. The Balaban J connectivity index is 2.55. The fourth-order valence-corrected chi connectivity index (χ4v) is 1.32. The van der Waals surface area contributed by atoms with Crippen molar-refractivity contribution < 1.29 is 0 Å². The van der Waals surface area contributed by atoms with Crippen molar-refractivity contribution in [1.82, 2.24) is 19.7 Å². The third-order valence-corrected chi connectivity index (χ3v) is 2.31. The van der Waals surface area contributed by atoms with E-state index in [1.807, 2.05) is 14.0 Å². The average molecular weight is 209 g/mol. The van der Waals surface area contributed by atoms with Gasteiger partial charge in [0.1, 0.15) is 5.15 Å². The molecule has 4 nitrogen and oxygen atoms in total. The number of rotatable bonds is 1. The van der Waals surface area contributed by atoms with Gasteiger partial charge in [0.05, 0.1) is 11.8 Å². The van der Waals surface area contributed by atoms with E-state index in [1.54, 1.807) is 23.1 Å². The van der Waals surface area contributed by atoms with Crippen LogP contribution in [-0.2, 0) is 7.05 Å². The zero-order valence-corrected chi connectivity index (χ0v) is 8.65. The minimum atomic E-state index is 0.443. The molecule has 0 aromatic carbocycles. The second-order valence-electron chi connectivity index (χ2n) is 2.97. The fourth-order valence-electron chi connectivity index (χ4n) is 1.18. The molecule has 2 heterocycles. The number of hydrogen-bond donors (Lipinski definition) is 0. The molecule has 0 saturated carbocycles. The molecular weight excluding hydrogens is 200 g/mol. The lowest BCUT2D eigenvalue weighted by molar-refractivity contribution is 0.740. The van der Waals surface area contributed by atoms with Crippen molar-refractivity contribution in [2.24, 2.45) is 7.05 Å². The van der Waals surface area contributed by atoms with Gasteiger partial charge in [0.2, 0.25) is 0 Å². The third kappa shape index (κ3) is 1.48. The molecule has 2 aromatic rings. The lowest BCUT2D eigenvalue weighted by Gasteiger charge is -1.98. The maximum absolute atomic E-state index is 5.78. The molecule has 0 amide bonds. The van der Waals surface area contributed by atoms with Crippen LogP contribution in [0.2, 0.25) is 5.15 Å². The number of halogens is 1. The molecule has 0 atom stereocenters. The van der Waals surface area contributed by atoms with Crippen LogP contribution in [0, 0.1) is 6.92 Å². The smallest absolute Gasteiger partial charge is 0.164 e. The van der Waals surface area contributed by atoms with Crippen LogP contribution in [0.4, 0.5) is 0 Å². The van der Waals surface area contributed by atoms with Crippen molar-refractivity contribution in [3.05, 3.63) is 29.3 Å². The topological polar surface area (TPSA) is 43.6 Å². The molecular formula is C9H9ClN4. The van der Waals surface area contributed by atoms with E-state index in [0.29, 0.717) is 11.0 Å². The summed E-state index contributed by atoms with van der Waals surface area (Å²) in [6.07, 6.45) is 3.37. The Bertz CT molecular complexity index is 464. The second kappa shape index (κ2) is 3.38. The van der Waals surface area contributed by atoms with Gasteiger partial charge in [-0.3, -0.25) is 4.68 Å². The van der Waals surface area contributed by atoms with E-state index in [-0.39, 0.29) is 0 Å². The van der Waals surface area contributed by atoms with Gasteiger partial charge in [0, 0.05) is 18.9 Å². The van der Waals surface area contributed by atoms with E-state index in [4.69, 9.17) is 11.6 Å². The van der Waals surface area contributed by atoms with Gasteiger partial charge in [-0.2, -0.15) is 5.10 Å². The van der Waals surface area contributed by atoms with Crippen LogP contribution < -0.4 is 0 Å². The Hall–Kier alpha value is -1.42. The highest BCUT2D eigenvalue weighted by atomic mass is 35.5. The van der Waals surface area contributed by atoms with Crippen LogP contribution in [0.5, 0.6) is 0 Å². The van der Waals surface area contributed by atoms with Crippen molar-refractivity contribution in [2.75, 3.05) is 0 Å². The summed E-state index contributed by atoms with van der Waals surface area (Å²) in [5, 5.41) is 4.56. The van der Waals surface area contributed by atoms with E-state index < -0.39 is 0 Å². The molecule has 0 aliphatic heterocycles. The Morgan fingerprint density at radius 2 is 2.21 bits per heavy atom. The zero-order valence-electron chi connectivity index (χ0n) is 7.90. The van der Waals surface area contributed by atoms with Gasteiger partial charge in [0.25, 0.3) is 0 Å². The largest absolute Gasteiger partial charge is 0.272 e. The summed E-state index contributed by atoms with van der Waals surface area (Å²) >= 11 is 5.78. The van der Waals surface area contributed by atoms with Gasteiger partial charge >= 0.3 is 0 Å². The van der Waals surface area contributed by atoms with Gasteiger partial charge in [-0.25, -0.2) is 9.97 Å². The summed E-state index contributed by atoms with van der Waals surface area (Å²) in [7, 11) is 1.88. The van der Waals surface area contributed by atoms with Crippen molar-refractivity contribution in [3.8, 4) is 11.4 Å². The van der Waals surface area contributed by atoms with Crippen molar-refractivity contribution in [2.45, 2.75) is 6.92 Å². The average Bonchev–Trinajstić information content (AvgIpc) is 2.48. The molecule has 0 bridgehead atoms. The normalized spacial score (nSPS) is 10.5. The van der Waals surface area contributed by atoms with Crippen LogP contribution >= 0.6 is 11.6 Å². The summed E-state index contributed by atoms with van der Waals surface area (Å²) in [5.74, 6) is 0.614. The Morgan fingerprint density at radius 3 is 2.79 bits per heavy atom. The summed E-state index contributed by atoms with van der Waals surface area (Å²) in [6.45, 7) is 1.96. The van der Waals surface area contributed by atoms with E-state index in [0.717, 1.165) is 11.3 Å². The molecule has 14 heavy (non-hydrogen) atoms. The first kappa shape index (κ1) is 9.15. The molecule has 0 radical (unpaired) electrons. The van der Waals surface area contributed by atoms with Crippen molar-refractivity contribution >= 4 is 11.6 Å². The van der Waals surface area contributed by atoms with Gasteiger partial charge < -0.3 is 0 Å².